The first-order valence-electron chi connectivity index (χ1n) is 5.65. The van der Waals surface area contributed by atoms with Gasteiger partial charge >= 0.3 is 0 Å². The zero-order valence-electron chi connectivity index (χ0n) is 9.81. The molecule has 1 aliphatic carbocycles. The fraction of sp³-hybridized carbons (Fsp3) is 0.500. The predicted molar refractivity (Wildman–Crippen MR) is 70.3 cm³/mol. The van der Waals surface area contributed by atoms with Crippen LogP contribution in [0.3, 0.4) is 0 Å². The van der Waals surface area contributed by atoms with Gasteiger partial charge < -0.3 is 5.32 Å². The number of nitrogens with zero attached hydrogens (tertiary/aromatic N) is 1. The Balaban J connectivity index is 1.92. The van der Waals surface area contributed by atoms with Crippen LogP contribution in [-0.4, -0.2) is 22.5 Å². The van der Waals surface area contributed by atoms with Gasteiger partial charge in [0.05, 0.1) is 4.92 Å². The third-order valence-electron chi connectivity index (χ3n) is 3.19. The van der Waals surface area contributed by atoms with Crippen molar-refractivity contribution >= 4 is 17.4 Å². The highest BCUT2D eigenvalue weighted by Gasteiger charge is 2.41. The second-order valence-electron chi connectivity index (χ2n) is 4.38. The van der Waals surface area contributed by atoms with E-state index in [0.717, 1.165) is 12.1 Å². The summed E-state index contributed by atoms with van der Waals surface area (Å²) < 4.78 is 0.392. The topological polar surface area (TPSA) is 55.2 Å². The van der Waals surface area contributed by atoms with Crippen molar-refractivity contribution in [2.45, 2.75) is 24.1 Å². The number of rotatable bonds is 6. The Morgan fingerprint density at radius 1 is 1.47 bits per heavy atom. The monoisotopic (exact) mass is 252 g/mol. The van der Waals surface area contributed by atoms with Gasteiger partial charge in [0.2, 0.25) is 0 Å². The second-order valence-corrected chi connectivity index (χ2v) is 5.65. The van der Waals surface area contributed by atoms with Gasteiger partial charge in [0.25, 0.3) is 5.69 Å². The van der Waals surface area contributed by atoms with Crippen LogP contribution >= 0.6 is 11.8 Å². The number of thioether (sulfide) groups is 1. The molecule has 92 valence electrons. The number of para-hydroxylation sites is 1. The maximum absolute atomic E-state index is 10.8. The molecule has 4 nitrogen and oxygen atoms in total. The van der Waals surface area contributed by atoms with E-state index in [0.29, 0.717) is 11.3 Å². The highest BCUT2D eigenvalue weighted by Crippen LogP contribution is 2.46. The number of benzene rings is 1. The molecular weight excluding hydrogens is 236 g/mol. The molecule has 0 radical (unpaired) electrons. The molecule has 0 amide bonds. The normalized spacial score (nSPS) is 16.8. The Labute approximate surface area is 105 Å². The van der Waals surface area contributed by atoms with Crippen molar-refractivity contribution in [3.8, 4) is 0 Å². The number of nitro benzene ring substituents is 1. The van der Waals surface area contributed by atoms with Crippen LogP contribution in [0.4, 0.5) is 5.69 Å². The van der Waals surface area contributed by atoms with E-state index >= 15 is 0 Å². The predicted octanol–water partition coefficient (Wildman–Crippen LogP) is 2.58. The first-order valence-corrected chi connectivity index (χ1v) is 6.87. The SMILES string of the molecule is CSC1(CNCc2ccccc2[N+](=O)[O-])CC1. The van der Waals surface area contributed by atoms with Crippen molar-refractivity contribution < 1.29 is 4.92 Å². The van der Waals surface area contributed by atoms with Crippen molar-refractivity contribution in [2.75, 3.05) is 12.8 Å². The van der Waals surface area contributed by atoms with Gasteiger partial charge in [-0.05, 0) is 19.1 Å². The van der Waals surface area contributed by atoms with Gasteiger partial charge in [-0.1, -0.05) is 18.2 Å². The van der Waals surface area contributed by atoms with Gasteiger partial charge in [-0.3, -0.25) is 10.1 Å². The van der Waals surface area contributed by atoms with Crippen LogP contribution in [0.2, 0.25) is 0 Å². The summed E-state index contributed by atoms with van der Waals surface area (Å²) in [6.07, 6.45) is 4.62. The molecule has 2 rings (SSSR count). The van der Waals surface area contributed by atoms with Gasteiger partial charge in [-0.25, -0.2) is 0 Å². The molecule has 0 atom stereocenters. The molecule has 1 N–H and O–H groups in total. The maximum atomic E-state index is 10.8. The highest BCUT2D eigenvalue weighted by atomic mass is 32.2. The summed E-state index contributed by atoms with van der Waals surface area (Å²) >= 11 is 1.89. The molecule has 1 aliphatic rings. The van der Waals surface area contributed by atoms with Crippen molar-refractivity contribution in [1.29, 1.82) is 0 Å². The van der Waals surface area contributed by atoms with Crippen LogP contribution in [0.5, 0.6) is 0 Å². The summed E-state index contributed by atoms with van der Waals surface area (Å²) in [5.41, 5.74) is 0.961. The van der Waals surface area contributed by atoms with Gasteiger partial charge in [0.15, 0.2) is 0 Å². The number of hydrogen-bond acceptors (Lipinski definition) is 4. The first kappa shape index (κ1) is 12.4. The standard InChI is InChI=1S/C12H16N2O2S/c1-17-12(6-7-12)9-13-8-10-4-2-3-5-11(10)14(15)16/h2-5,13H,6-9H2,1H3. The van der Waals surface area contributed by atoms with E-state index in [1.54, 1.807) is 12.1 Å². The van der Waals surface area contributed by atoms with Crippen LogP contribution in [0, 0.1) is 10.1 Å². The molecule has 1 aromatic rings. The molecule has 0 saturated heterocycles. The summed E-state index contributed by atoms with van der Waals surface area (Å²) in [5.74, 6) is 0. The summed E-state index contributed by atoms with van der Waals surface area (Å²) in [4.78, 5) is 10.5. The lowest BCUT2D eigenvalue weighted by Crippen LogP contribution is -2.25. The maximum Gasteiger partial charge on any atom is 0.273 e. The molecule has 17 heavy (non-hydrogen) atoms. The largest absolute Gasteiger partial charge is 0.311 e. The Bertz CT molecular complexity index is 419. The average Bonchev–Trinajstić information content (AvgIpc) is 3.10. The fourth-order valence-electron chi connectivity index (χ4n) is 1.86. The van der Waals surface area contributed by atoms with E-state index in [1.807, 2.05) is 23.9 Å². The lowest BCUT2D eigenvalue weighted by Gasteiger charge is -2.12. The van der Waals surface area contributed by atoms with E-state index in [2.05, 4.69) is 11.6 Å². The molecule has 1 fully saturated rings. The van der Waals surface area contributed by atoms with E-state index in [9.17, 15) is 10.1 Å². The Morgan fingerprint density at radius 2 is 2.18 bits per heavy atom. The van der Waals surface area contributed by atoms with Crippen molar-refractivity contribution in [3.63, 3.8) is 0 Å². The highest BCUT2D eigenvalue weighted by molar-refractivity contribution is 8.00. The van der Waals surface area contributed by atoms with Gasteiger partial charge in [0.1, 0.15) is 0 Å². The van der Waals surface area contributed by atoms with E-state index < -0.39 is 0 Å². The molecule has 0 heterocycles. The second kappa shape index (κ2) is 5.06. The Morgan fingerprint density at radius 3 is 2.76 bits per heavy atom. The van der Waals surface area contributed by atoms with Crippen molar-refractivity contribution in [2.24, 2.45) is 0 Å². The van der Waals surface area contributed by atoms with E-state index in [4.69, 9.17) is 0 Å². The fourth-order valence-corrected chi connectivity index (χ4v) is 2.61. The number of hydrogen-bond donors (Lipinski definition) is 1. The molecule has 0 spiro atoms. The third-order valence-corrected chi connectivity index (χ3v) is 4.61. The minimum Gasteiger partial charge on any atom is -0.311 e. The van der Waals surface area contributed by atoms with Crippen LogP contribution < -0.4 is 5.32 Å². The minimum absolute atomic E-state index is 0.203. The molecule has 0 aromatic heterocycles. The molecule has 0 bridgehead atoms. The third kappa shape index (κ3) is 2.98. The smallest absolute Gasteiger partial charge is 0.273 e. The van der Waals surface area contributed by atoms with Crippen molar-refractivity contribution in [3.05, 3.63) is 39.9 Å². The Kier molecular flexibility index (Phi) is 3.69. The van der Waals surface area contributed by atoms with Crippen LogP contribution in [0.15, 0.2) is 24.3 Å². The lowest BCUT2D eigenvalue weighted by molar-refractivity contribution is -0.385. The van der Waals surface area contributed by atoms with Gasteiger partial charge in [0, 0.05) is 29.5 Å². The summed E-state index contributed by atoms with van der Waals surface area (Å²) in [6, 6.07) is 6.90. The quantitative estimate of drug-likeness (QED) is 0.624. The van der Waals surface area contributed by atoms with E-state index in [1.165, 1.54) is 12.8 Å². The zero-order chi connectivity index (χ0) is 12.3. The lowest BCUT2D eigenvalue weighted by atomic mass is 10.2. The van der Waals surface area contributed by atoms with Gasteiger partial charge in [-0.15, -0.1) is 0 Å². The average molecular weight is 252 g/mol. The Hall–Kier alpha value is -1.07. The zero-order valence-corrected chi connectivity index (χ0v) is 10.6. The van der Waals surface area contributed by atoms with Crippen LogP contribution in [0.1, 0.15) is 18.4 Å². The van der Waals surface area contributed by atoms with Crippen molar-refractivity contribution in [1.82, 2.24) is 5.32 Å². The first-order chi connectivity index (χ1) is 8.17. The van der Waals surface area contributed by atoms with Crippen LogP contribution in [-0.2, 0) is 6.54 Å². The molecule has 1 aromatic carbocycles. The van der Waals surface area contributed by atoms with Gasteiger partial charge in [-0.2, -0.15) is 11.8 Å². The number of nitrogens with one attached hydrogen (secondary N) is 1. The van der Waals surface area contributed by atoms with E-state index in [-0.39, 0.29) is 10.6 Å². The summed E-state index contributed by atoms with van der Waals surface area (Å²) in [7, 11) is 0. The molecular formula is C12H16N2O2S. The molecule has 0 unspecified atom stereocenters. The molecule has 0 aliphatic heterocycles. The van der Waals surface area contributed by atoms with Crippen LogP contribution in [0.25, 0.3) is 0 Å². The summed E-state index contributed by atoms with van der Waals surface area (Å²) in [5, 5.41) is 14.1. The number of nitro groups is 1. The molecule has 1 saturated carbocycles. The molecule has 5 heteroatoms. The summed E-state index contributed by atoms with van der Waals surface area (Å²) in [6.45, 7) is 1.50. The minimum atomic E-state index is -0.321.